The van der Waals surface area contributed by atoms with Gasteiger partial charge < -0.3 is 10.1 Å². The highest BCUT2D eigenvalue weighted by molar-refractivity contribution is 5.63. The summed E-state index contributed by atoms with van der Waals surface area (Å²) in [5.41, 5.74) is 2.62. The van der Waals surface area contributed by atoms with Crippen LogP contribution in [0.3, 0.4) is 0 Å². The maximum atomic E-state index is 13.3. The Balaban J connectivity index is 2.29. The number of nitrogens with one attached hydrogen (secondary N) is 1. The van der Waals surface area contributed by atoms with E-state index < -0.39 is 5.82 Å². The predicted molar refractivity (Wildman–Crippen MR) is 72.1 cm³/mol. The lowest BCUT2D eigenvalue weighted by Gasteiger charge is -2.10. The van der Waals surface area contributed by atoms with Crippen molar-refractivity contribution in [3.8, 4) is 11.8 Å². The van der Waals surface area contributed by atoms with E-state index >= 15 is 0 Å². The van der Waals surface area contributed by atoms with Crippen LogP contribution < -0.4 is 10.1 Å². The molecule has 0 saturated heterocycles. The zero-order valence-electron chi connectivity index (χ0n) is 10.7. The topological polar surface area (TPSA) is 45.0 Å². The maximum absolute atomic E-state index is 13.3. The average molecular weight is 256 g/mol. The van der Waals surface area contributed by atoms with E-state index in [2.05, 4.69) is 5.32 Å². The van der Waals surface area contributed by atoms with E-state index in [1.807, 2.05) is 31.2 Å². The Hall–Kier alpha value is -2.54. The van der Waals surface area contributed by atoms with Crippen molar-refractivity contribution in [2.24, 2.45) is 0 Å². The second kappa shape index (κ2) is 5.40. The molecule has 0 aliphatic heterocycles. The van der Waals surface area contributed by atoms with Gasteiger partial charge in [0.15, 0.2) is 0 Å². The molecule has 4 heteroatoms. The first-order chi connectivity index (χ1) is 9.12. The van der Waals surface area contributed by atoms with Gasteiger partial charge in [-0.05, 0) is 48.9 Å². The quantitative estimate of drug-likeness (QED) is 0.909. The molecule has 3 nitrogen and oxygen atoms in total. The van der Waals surface area contributed by atoms with Gasteiger partial charge in [-0.15, -0.1) is 0 Å². The summed E-state index contributed by atoms with van der Waals surface area (Å²) in [7, 11) is 1.61. The van der Waals surface area contributed by atoms with Gasteiger partial charge in [-0.2, -0.15) is 5.26 Å². The van der Waals surface area contributed by atoms with Crippen molar-refractivity contribution < 1.29 is 9.13 Å². The molecule has 0 aromatic heterocycles. The summed E-state index contributed by atoms with van der Waals surface area (Å²) in [5.74, 6) is 0.356. The van der Waals surface area contributed by atoms with Gasteiger partial charge in [-0.1, -0.05) is 0 Å². The van der Waals surface area contributed by atoms with E-state index in [0.29, 0.717) is 5.69 Å². The summed E-state index contributed by atoms with van der Waals surface area (Å²) in [5, 5.41) is 11.9. The van der Waals surface area contributed by atoms with Crippen molar-refractivity contribution in [3.63, 3.8) is 0 Å². The molecule has 0 bridgehead atoms. The Morgan fingerprint density at radius 1 is 1.16 bits per heavy atom. The van der Waals surface area contributed by atoms with Crippen LogP contribution in [0.1, 0.15) is 11.1 Å². The van der Waals surface area contributed by atoms with Crippen LogP contribution in [-0.2, 0) is 0 Å². The molecule has 0 fully saturated rings. The summed E-state index contributed by atoms with van der Waals surface area (Å²) in [6, 6.07) is 11.6. The highest BCUT2D eigenvalue weighted by Crippen LogP contribution is 2.25. The number of anilines is 2. The van der Waals surface area contributed by atoms with Crippen molar-refractivity contribution in [1.82, 2.24) is 0 Å². The predicted octanol–water partition coefficient (Wildman–Crippen LogP) is 3.76. The third-order valence-electron chi connectivity index (χ3n) is 2.71. The highest BCUT2D eigenvalue weighted by atomic mass is 19.1. The molecule has 2 rings (SSSR count). The summed E-state index contributed by atoms with van der Waals surface area (Å²) >= 11 is 0. The minimum atomic E-state index is -0.438. The fourth-order valence-electron chi connectivity index (χ4n) is 1.85. The van der Waals surface area contributed by atoms with Gasteiger partial charge in [0.1, 0.15) is 11.6 Å². The highest BCUT2D eigenvalue weighted by Gasteiger charge is 2.03. The Morgan fingerprint density at radius 3 is 2.58 bits per heavy atom. The molecule has 2 aromatic carbocycles. The van der Waals surface area contributed by atoms with Crippen LogP contribution in [0.15, 0.2) is 36.4 Å². The van der Waals surface area contributed by atoms with Crippen molar-refractivity contribution in [2.75, 3.05) is 12.4 Å². The number of hydrogen-bond acceptors (Lipinski definition) is 3. The molecule has 0 aliphatic rings. The van der Waals surface area contributed by atoms with Crippen molar-refractivity contribution in [1.29, 1.82) is 5.26 Å². The lowest BCUT2D eigenvalue weighted by molar-refractivity contribution is 0.412. The molecule has 96 valence electrons. The number of halogens is 1. The van der Waals surface area contributed by atoms with Gasteiger partial charge in [-0.25, -0.2) is 4.39 Å². The number of hydrogen-bond donors (Lipinski definition) is 1. The van der Waals surface area contributed by atoms with Gasteiger partial charge in [0.05, 0.1) is 18.7 Å². The number of benzene rings is 2. The second-order valence-electron chi connectivity index (χ2n) is 4.15. The van der Waals surface area contributed by atoms with E-state index in [0.717, 1.165) is 17.0 Å². The fourth-order valence-corrected chi connectivity index (χ4v) is 1.85. The molecular weight excluding hydrogens is 243 g/mol. The van der Waals surface area contributed by atoms with Crippen molar-refractivity contribution in [2.45, 2.75) is 6.92 Å². The van der Waals surface area contributed by atoms with Crippen molar-refractivity contribution in [3.05, 3.63) is 53.3 Å². The Kier molecular flexibility index (Phi) is 3.67. The molecule has 0 atom stereocenters. The second-order valence-corrected chi connectivity index (χ2v) is 4.15. The van der Waals surface area contributed by atoms with E-state index in [-0.39, 0.29) is 5.56 Å². The minimum absolute atomic E-state index is 0.285. The summed E-state index contributed by atoms with van der Waals surface area (Å²) in [6.45, 7) is 1.93. The van der Waals surface area contributed by atoms with Gasteiger partial charge in [0.25, 0.3) is 0 Å². The molecule has 19 heavy (non-hydrogen) atoms. The first-order valence-electron chi connectivity index (χ1n) is 5.75. The Bertz CT molecular complexity index is 647. The number of ether oxygens (including phenoxy) is 1. The van der Waals surface area contributed by atoms with Crippen LogP contribution in [0, 0.1) is 24.1 Å². The molecular formula is C15H13FN2O. The van der Waals surface area contributed by atoms with Crippen LogP contribution >= 0.6 is 0 Å². The summed E-state index contributed by atoms with van der Waals surface area (Å²) in [4.78, 5) is 0. The zero-order chi connectivity index (χ0) is 13.8. The molecule has 0 heterocycles. The number of methoxy groups -OCH3 is 1. The summed E-state index contributed by atoms with van der Waals surface area (Å²) in [6.07, 6.45) is 0. The molecule has 0 unspecified atom stereocenters. The number of nitriles is 1. The van der Waals surface area contributed by atoms with E-state index in [9.17, 15) is 4.39 Å². The van der Waals surface area contributed by atoms with Crippen LogP contribution in [0.2, 0.25) is 0 Å². The molecule has 0 amide bonds. The number of nitrogens with zero attached hydrogens (tertiary/aromatic N) is 1. The fraction of sp³-hybridized carbons (Fsp3) is 0.133. The molecule has 1 N–H and O–H groups in total. The SMILES string of the molecule is COc1ccc(Nc2cc(F)cc(C#N)c2)cc1C. The first kappa shape index (κ1) is 12.9. The van der Waals surface area contributed by atoms with Crippen molar-refractivity contribution >= 4 is 11.4 Å². The Labute approximate surface area is 111 Å². The van der Waals surface area contributed by atoms with E-state index in [1.54, 1.807) is 13.2 Å². The average Bonchev–Trinajstić information content (AvgIpc) is 2.38. The van der Waals surface area contributed by atoms with E-state index in [4.69, 9.17) is 10.00 Å². The minimum Gasteiger partial charge on any atom is -0.496 e. The number of rotatable bonds is 3. The largest absolute Gasteiger partial charge is 0.496 e. The smallest absolute Gasteiger partial charge is 0.126 e. The van der Waals surface area contributed by atoms with Gasteiger partial charge in [0, 0.05) is 11.4 Å². The lowest BCUT2D eigenvalue weighted by atomic mass is 10.1. The first-order valence-corrected chi connectivity index (χ1v) is 5.75. The monoisotopic (exact) mass is 256 g/mol. The van der Waals surface area contributed by atoms with E-state index in [1.165, 1.54) is 12.1 Å². The molecule has 0 saturated carbocycles. The molecule has 0 radical (unpaired) electrons. The summed E-state index contributed by atoms with van der Waals surface area (Å²) < 4.78 is 18.5. The molecule has 0 aliphatic carbocycles. The Morgan fingerprint density at radius 2 is 1.95 bits per heavy atom. The standard InChI is InChI=1S/C15H13FN2O/c1-10-5-13(3-4-15(10)19-2)18-14-7-11(9-17)6-12(16)8-14/h3-8,18H,1-2H3. The van der Waals surface area contributed by atoms with Gasteiger partial charge in [0.2, 0.25) is 0 Å². The zero-order valence-corrected chi connectivity index (χ0v) is 10.7. The van der Waals surface area contributed by atoms with Gasteiger partial charge in [-0.3, -0.25) is 0 Å². The normalized spacial score (nSPS) is 9.79. The van der Waals surface area contributed by atoms with Crippen LogP contribution in [-0.4, -0.2) is 7.11 Å². The maximum Gasteiger partial charge on any atom is 0.126 e. The third kappa shape index (κ3) is 3.02. The molecule has 0 spiro atoms. The van der Waals surface area contributed by atoms with Crippen LogP contribution in [0.25, 0.3) is 0 Å². The molecule has 2 aromatic rings. The third-order valence-corrected chi connectivity index (χ3v) is 2.71. The number of aryl methyl sites for hydroxylation is 1. The lowest BCUT2D eigenvalue weighted by Crippen LogP contribution is -1.94. The van der Waals surface area contributed by atoms with Crippen LogP contribution in [0.4, 0.5) is 15.8 Å². The van der Waals surface area contributed by atoms with Crippen LogP contribution in [0.5, 0.6) is 5.75 Å². The van der Waals surface area contributed by atoms with Gasteiger partial charge >= 0.3 is 0 Å².